The Labute approximate surface area is 166 Å². The Kier molecular flexibility index (Phi) is 5.87. The zero-order valence-corrected chi connectivity index (χ0v) is 17.0. The summed E-state index contributed by atoms with van der Waals surface area (Å²) in [5, 5.41) is 16.9. The highest BCUT2D eigenvalue weighted by Gasteiger charge is 2.30. The van der Waals surface area contributed by atoms with Crippen LogP contribution in [0.4, 0.5) is 0 Å². The van der Waals surface area contributed by atoms with Crippen molar-refractivity contribution in [1.82, 2.24) is 15.1 Å². The highest BCUT2D eigenvalue weighted by atomic mass is 16.4. The first kappa shape index (κ1) is 20.1. The van der Waals surface area contributed by atoms with Crippen LogP contribution in [0.1, 0.15) is 66.1 Å². The van der Waals surface area contributed by atoms with Crippen LogP contribution in [0.25, 0.3) is 0 Å². The highest BCUT2D eigenvalue weighted by Crippen LogP contribution is 2.35. The van der Waals surface area contributed by atoms with E-state index in [-0.39, 0.29) is 11.8 Å². The van der Waals surface area contributed by atoms with Crippen molar-refractivity contribution in [3.63, 3.8) is 0 Å². The van der Waals surface area contributed by atoms with Crippen LogP contribution in [-0.2, 0) is 23.1 Å². The number of nitrogens with zero attached hydrogens (tertiary/aromatic N) is 2. The molecule has 28 heavy (non-hydrogen) atoms. The number of benzene rings is 1. The molecule has 1 amide bonds. The standard InChI is InChI=1S/C22H29N3O3/c1-13(20-14(2)24-25(4)15(20)3)21(26)23-19(22(27)28)12-17-10-7-9-16-8-5-6-11-18(16)17/h5-6,8,11,13,17,19H,7,9-10,12H2,1-4H3,(H,23,26)(H,27,28). The Morgan fingerprint density at radius 3 is 2.68 bits per heavy atom. The summed E-state index contributed by atoms with van der Waals surface area (Å²) in [4.78, 5) is 24.7. The maximum absolute atomic E-state index is 12.8. The van der Waals surface area contributed by atoms with E-state index in [0.29, 0.717) is 6.42 Å². The normalized spacial score (nSPS) is 18.2. The third-order valence-corrected chi connectivity index (χ3v) is 6.02. The Morgan fingerprint density at radius 2 is 2.04 bits per heavy atom. The zero-order chi connectivity index (χ0) is 20.4. The molecule has 6 heteroatoms. The van der Waals surface area contributed by atoms with Crippen molar-refractivity contribution in [3.8, 4) is 0 Å². The zero-order valence-electron chi connectivity index (χ0n) is 17.0. The lowest BCUT2D eigenvalue weighted by atomic mass is 9.79. The van der Waals surface area contributed by atoms with Gasteiger partial charge < -0.3 is 10.4 Å². The molecule has 0 saturated carbocycles. The maximum atomic E-state index is 12.8. The molecule has 2 N–H and O–H groups in total. The molecular formula is C22H29N3O3. The van der Waals surface area contributed by atoms with Gasteiger partial charge in [0.2, 0.25) is 5.91 Å². The number of carboxylic acids is 1. The van der Waals surface area contributed by atoms with Crippen molar-refractivity contribution in [2.24, 2.45) is 7.05 Å². The molecule has 3 atom stereocenters. The third kappa shape index (κ3) is 3.96. The molecule has 0 aliphatic heterocycles. The Bertz CT molecular complexity index is 887. The van der Waals surface area contributed by atoms with Crippen molar-refractivity contribution < 1.29 is 14.7 Å². The van der Waals surface area contributed by atoms with Crippen LogP contribution in [0.5, 0.6) is 0 Å². The Balaban J connectivity index is 1.75. The predicted molar refractivity (Wildman–Crippen MR) is 107 cm³/mol. The minimum Gasteiger partial charge on any atom is -0.480 e. The second-order valence-corrected chi connectivity index (χ2v) is 7.85. The number of rotatable bonds is 6. The molecule has 150 valence electrons. The van der Waals surface area contributed by atoms with Gasteiger partial charge in [-0.15, -0.1) is 0 Å². The van der Waals surface area contributed by atoms with Crippen LogP contribution in [0, 0.1) is 13.8 Å². The molecule has 0 fully saturated rings. The van der Waals surface area contributed by atoms with E-state index in [4.69, 9.17) is 0 Å². The van der Waals surface area contributed by atoms with Gasteiger partial charge in [0.1, 0.15) is 6.04 Å². The van der Waals surface area contributed by atoms with Crippen LogP contribution in [0.2, 0.25) is 0 Å². The van der Waals surface area contributed by atoms with Crippen LogP contribution in [-0.4, -0.2) is 32.8 Å². The van der Waals surface area contributed by atoms with E-state index in [9.17, 15) is 14.7 Å². The average molecular weight is 383 g/mol. The van der Waals surface area contributed by atoms with Gasteiger partial charge in [-0.25, -0.2) is 4.79 Å². The molecule has 3 rings (SSSR count). The molecule has 1 aliphatic carbocycles. The first-order valence-corrected chi connectivity index (χ1v) is 9.90. The van der Waals surface area contributed by atoms with Crippen molar-refractivity contribution in [3.05, 3.63) is 52.3 Å². The number of aliphatic carboxylic acids is 1. The van der Waals surface area contributed by atoms with Gasteiger partial charge in [-0.2, -0.15) is 5.10 Å². The second-order valence-electron chi connectivity index (χ2n) is 7.85. The minimum absolute atomic E-state index is 0.156. The summed E-state index contributed by atoms with van der Waals surface area (Å²) < 4.78 is 1.75. The number of hydrogen-bond acceptors (Lipinski definition) is 3. The van der Waals surface area contributed by atoms with E-state index in [1.54, 1.807) is 11.6 Å². The summed E-state index contributed by atoms with van der Waals surface area (Å²) in [5.74, 6) is -1.54. The fourth-order valence-corrected chi connectivity index (χ4v) is 4.45. The number of carboxylic acid groups (broad SMARTS) is 1. The van der Waals surface area contributed by atoms with Gasteiger partial charge in [0.25, 0.3) is 0 Å². The van der Waals surface area contributed by atoms with E-state index in [2.05, 4.69) is 22.5 Å². The molecule has 1 aliphatic rings. The molecule has 0 saturated heterocycles. The lowest BCUT2D eigenvalue weighted by Crippen LogP contribution is -2.43. The van der Waals surface area contributed by atoms with Gasteiger partial charge in [-0.1, -0.05) is 24.3 Å². The predicted octanol–water partition coefficient (Wildman–Crippen LogP) is 3.22. The van der Waals surface area contributed by atoms with Crippen LogP contribution in [0.15, 0.2) is 24.3 Å². The fraction of sp³-hybridized carbons (Fsp3) is 0.500. The number of carbonyl (C=O) groups excluding carboxylic acids is 1. The van der Waals surface area contributed by atoms with E-state index in [1.807, 2.05) is 33.0 Å². The van der Waals surface area contributed by atoms with Gasteiger partial charge in [0.15, 0.2) is 0 Å². The van der Waals surface area contributed by atoms with Gasteiger partial charge >= 0.3 is 5.97 Å². The van der Waals surface area contributed by atoms with Crippen molar-refractivity contribution in [2.75, 3.05) is 0 Å². The smallest absolute Gasteiger partial charge is 0.326 e. The quantitative estimate of drug-likeness (QED) is 0.802. The number of nitrogens with one attached hydrogen (secondary N) is 1. The Morgan fingerprint density at radius 1 is 1.32 bits per heavy atom. The first-order chi connectivity index (χ1) is 13.3. The van der Waals surface area contributed by atoms with Crippen molar-refractivity contribution in [2.45, 2.75) is 64.3 Å². The molecule has 0 bridgehead atoms. The molecule has 1 heterocycles. The van der Waals surface area contributed by atoms with Crippen LogP contribution < -0.4 is 5.32 Å². The summed E-state index contributed by atoms with van der Waals surface area (Å²) in [6.45, 7) is 5.60. The number of aromatic nitrogens is 2. The van der Waals surface area contributed by atoms with Gasteiger partial charge in [-0.05, 0) is 63.5 Å². The molecule has 2 aromatic rings. The Hall–Kier alpha value is -2.63. The monoisotopic (exact) mass is 383 g/mol. The summed E-state index contributed by atoms with van der Waals surface area (Å²) >= 11 is 0. The van der Waals surface area contributed by atoms with E-state index in [1.165, 1.54) is 11.1 Å². The van der Waals surface area contributed by atoms with Gasteiger partial charge in [0, 0.05) is 18.3 Å². The number of hydrogen-bond donors (Lipinski definition) is 2. The molecular weight excluding hydrogens is 354 g/mol. The lowest BCUT2D eigenvalue weighted by molar-refractivity contribution is -0.142. The average Bonchev–Trinajstić information content (AvgIpc) is 2.92. The third-order valence-electron chi connectivity index (χ3n) is 6.02. The molecule has 0 spiro atoms. The van der Waals surface area contributed by atoms with Crippen molar-refractivity contribution in [1.29, 1.82) is 0 Å². The van der Waals surface area contributed by atoms with Crippen LogP contribution >= 0.6 is 0 Å². The number of amides is 1. The van der Waals surface area contributed by atoms with E-state index in [0.717, 1.165) is 36.2 Å². The number of carbonyl (C=O) groups is 2. The minimum atomic E-state index is -0.983. The fourth-order valence-electron chi connectivity index (χ4n) is 4.45. The SMILES string of the molecule is Cc1nn(C)c(C)c1C(C)C(=O)NC(CC1CCCc2ccccc21)C(=O)O. The second kappa shape index (κ2) is 8.17. The van der Waals surface area contributed by atoms with E-state index < -0.39 is 17.9 Å². The maximum Gasteiger partial charge on any atom is 0.326 e. The highest BCUT2D eigenvalue weighted by molar-refractivity contribution is 5.88. The molecule has 1 aromatic carbocycles. The molecule has 0 radical (unpaired) electrons. The first-order valence-electron chi connectivity index (χ1n) is 9.90. The number of fused-ring (bicyclic) bond motifs is 1. The van der Waals surface area contributed by atoms with E-state index >= 15 is 0 Å². The summed E-state index contributed by atoms with van der Waals surface area (Å²) in [6.07, 6.45) is 3.45. The molecule has 1 aromatic heterocycles. The summed E-state index contributed by atoms with van der Waals surface area (Å²) in [5.41, 5.74) is 5.11. The van der Waals surface area contributed by atoms with Gasteiger partial charge in [-0.3, -0.25) is 9.48 Å². The van der Waals surface area contributed by atoms with Gasteiger partial charge in [0.05, 0.1) is 11.6 Å². The van der Waals surface area contributed by atoms with Crippen LogP contribution in [0.3, 0.4) is 0 Å². The molecule has 6 nitrogen and oxygen atoms in total. The van der Waals surface area contributed by atoms with Crippen molar-refractivity contribution >= 4 is 11.9 Å². The topological polar surface area (TPSA) is 84.2 Å². The number of aryl methyl sites for hydroxylation is 3. The summed E-state index contributed by atoms with van der Waals surface area (Å²) in [7, 11) is 1.84. The largest absolute Gasteiger partial charge is 0.480 e. The summed E-state index contributed by atoms with van der Waals surface area (Å²) in [6, 6.07) is 7.33. The lowest BCUT2D eigenvalue weighted by Gasteiger charge is -2.28. The molecule has 3 unspecified atom stereocenters.